The van der Waals surface area contributed by atoms with Crippen LogP contribution in [0.5, 0.6) is 0 Å². The van der Waals surface area contributed by atoms with Gasteiger partial charge in [0.05, 0.1) is 21.6 Å². The van der Waals surface area contributed by atoms with Gasteiger partial charge in [-0.2, -0.15) is 0 Å². The van der Waals surface area contributed by atoms with Crippen molar-refractivity contribution in [2.75, 3.05) is 14.7 Å². The van der Waals surface area contributed by atoms with E-state index in [2.05, 4.69) is 229 Å². The first-order chi connectivity index (χ1) is 34.1. The molecule has 0 amide bonds. The van der Waals surface area contributed by atoms with Crippen LogP contribution >= 0.6 is 11.3 Å². The molecule has 8 aromatic carbocycles. The van der Waals surface area contributed by atoms with Gasteiger partial charge in [0.2, 0.25) is 0 Å². The molecule has 0 radical (unpaired) electrons. The van der Waals surface area contributed by atoms with Crippen molar-refractivity contribution in [3.05, 3.63) is 185 Å². The van der Waals surface area contributed by atoms with E-state index in [1.807, 2.05) is 11.3 Å². The van der Waals surface area contributed by atoms with Gasteiger partial charge in [-0.25, -0.2) is 0 Å². The highest BCUT2D eigenvalue weighted by atomic mass is 32.1. The zero-order valence-electron chi connectivity index (χ0n) is 42.6. The van der Waals surface area contributed by atoms with Crippen LogP contribution in [0.2, 0.25) is 0 Å². The van der Waals surface area contributed by atoms with Gasteiger partial charge in [-0.3, -0.25) is 0 Å². The highest BCUT2D eigenvalue weighted by Crippen LogP contribution is 2.65. The van der Waals surface area contributed by atoms with Crippen LogP contribution in [0.1, 0.15) is 121 Å². The number of fused-ring (bicyclic) bond motifs is 15. The van der Waals surface area contributed by atoms with Crippen molar-refractivity contribution >= 4 is 100 Å². The fraction of sp³-hybridized carbons (Fsp3) is 0.273. The van der Waals surface area contributed by atoms with Crippen LogP contribution in [0.15, 0.2) is 152 Å². The zero-order chi connectivity index (χ0) is 48.3. The van der Waals surface area contributed by atoms with E-state index in [4.69, 9.17) is 0 Å². The summed E-state index contributed by atoms with van der Waals surface area (Å²) < 4.78 is 2.66. The van der Waals surface area contributed by atoms with E-state index in [1.54, 1.807) is 0 Å². The Morgan fingerprint density at radius 1 is 0.507 bits per heavy atom. The van der Waals surface area contributed by atoms with Crippen molar-refractivity contribution in [2.24, 2.45) is 0 Å². The first-order valence-electron chi connectivity index (χ1n) is 26.3. The lowest BCUT2D eigenvalue weighted by molar-refractivity contribution is 0.195. The number of thiophene rings is 1. The Morgan fingerprint density at radius 3 is 1.97 bits per heavy atom. The molecule has 3 atom stereocenters. The largest absolute Gasteiger partial charge is 0.334 e. The molecule has 3 nitrogen and oxygen atoms in total. The maximum absolute atomic E-state index is 2.82. The number of rotatable bonds is 2. The summed E-state index contributed by atoms with van der Waals surface area (Å²) >= 11 is 1.94. The van der Waals surface area contributed by atoms with E-state index >= 15 is 0 Å². The molecular weight excluding hydrogens is 878 g/mol. The third-order valence-electron chi connectivity index (χ3n) is 18.8. The molecule has 1 fully saturated rings. The lowest BCUT2D eigenvalue weighted by Gasteiger charge is -2.52. The minimum Gasteiger partial charge on any atom is -0.334 e. The number of para-hydroxylation sites is 1. The minimum atomic E-state index is -0.346. The predicted molar refractivity (Wildman–Crippen MR) is 305 cm³/mol. The molecule has 0 saturated heterocycles. The van der Waals surface area contributed by atoms with Gasteiger partial charge in [0, 0.05) is 60.4 Å². The van der Waals surface area contributed by atoms with Crippen LogP contribution in [0.4, 0.5) is 45.5 Å². The Labute approximate surface area is 423 Å². The van der Waals surface area contributed by atoms with Gasteiger partial charge < -0.3 is 14.7 Å². The number of hydrogen-bond donors (Lipinski definition) is 0. The summed E-state index contributed by atoms with van der Waals surface area (Å²) in [6.45, 7) is 22.1. The van der Waals surface area contributed by atoms with E-state index < -0.39 is 0 Å². The lowest BCUT2D eigenvalue weighted by atomic mass is 9.32. The van der Waals surface area contributed by atoms with Crippen molar-refractivity contribution in [1.29, 1.82) is 0 Å². The van der Waals surface area contributed by atoms with Crippen molar-refractivity contribution in [2.45, 2.75) is 115 Å². The molecule has 0 N–H and O–H groups in total. The summed E-state index contributed by atoms with van der Waals surface area (Å²) in [5, 5.41) is 2.65. The molecule has 0 spiro atoms. The average Bonchev–Trinajstić information content (AvgIpc) is 3.95. The Hall–Kier alpha value is -6.56. The van der Waals surface area contributed by atoms with E-state index in [0.29, 0.717) is 0 Å². The Kier molecular flexibility index (Phi) is 8.13. The predicted octanol–water partition coefficient (Wildman–Crippen LogP) is 16.1. The number of hydrogen-bond acceptors (Lipinski definition) is 4. The highest BCUT2D eigenvalue weighted by Gasteiger charge is 2.59. The Morgan fingerprint density at radius 2 is 1.15 bits per heavy atom. The van der Waals surface area contributed by atoms with Gasteiger partial charge in [0.1, 0.15) is 0 Å². The summed E-state index contributed by atoms with van der Waals surface area (Å²) in [6.07, 6.45) is 4.82. The molecule has 6 aliphatic rings. The lowest BCUT2D eigenvalue weighted by Crippen LogP contribution is -2.63. The van der Waals surface area contributed by atoms with E-state index in [9.17, 15) is 0 Å². The Bertz CT molecular complexity index is 3850. The average molecular weight is 938 g/mol. The number of anilines is 8. The second kappa shape index (κ2) is 13.7. The summed E-state index contributed by atoms with van der Waals surface area (Å²) in [6, 6.07) is 60.0. The molecule has 9 aromatic rings. The van der Waals surface area contributed by atoms with Gasteiger partial charge in [0.15, 0.2) is 0 Å². The zero-order valence-corrected chi connectivity index (χ0v) is 43.4. The van der Waals surface area contributed by atoms with Gasteiger partial charge in [-0.15, -0.1) is 11.3 Å². The first kappa shape index (κ1) is 42.2. The fourth-order valence-electron chi connectivity index (χ4n) is 15.1. The molecule has 4 aliphatic heterocycles. The molecule has 0 bridgehead atoms. The summed E-state index contributed by atoms with van der Waals surface area (Å²) in [5.41, 5.74) is 25.3. The van der Waals surface area contributed by atoms with Crippen LogP contribution < -0.4 is 31.1 Å². The van der Waals surface area contributed by atoms with Gasteiger partial charge >= 0.3 is 0 Å². The molecule has 1 aromatic heterocycles. The van der Waals surface area contributed by atoms with Crippen LogP contribution in [-0.2, 0) is 21.7 Å². The van der Waals surface area contributed by atoms with Crippen molar-refractivity contribution < 1.29 is 0 Å². The second-order valence-electron chi connectivity index (χ2n) is 24.5. The van der Waals surface area contributed by atoms with Crippen molar-refractivity contribution in [1.82, 2.24) is 0 Å². The number of nitrogens with zero attached hydrogens (tertiary/aromatic N) is 3. The molecule has 348 valence electrons. The maximum atomic E-state index is 2.82. The smallest absolute Gasteiger partial charge is 0.252 e. The second-order valence-corrected chi connectivity index (χ2v) is 25.6. The third-order valence-corrected chi connectivity index (χ3v) is 20.1. The van der Waals surface area contributed by atoms with Crippen molar-refractivity contribution in [3.8, 4) is 11.1 Å². The molecule has 5 heterocycles. The fourth-order valence-corrected chi connectivity index (χ4v) is 16.3. The molecule has 5 heteroatoms. The molecule has 71 heavy (non-hydrogen) atoms. The molecular formula is C66H60BN3S. The van der Waals surface area contributed by atoms with Gasteiger partial charge in [-0.05, 0) is 141 Å². The van der Waals surface area contributed by atoms with Gasteiger partial charge in [-0.1, -0.05) is 171 Å². The standard InChI is InChI=1S/C66H60BN3S/c1-62(2,3)39-30-31-52-49(35-39)67-50-36-40(63(4,5)6)34-48-60(50)69(53-27-18-22-44-42-20-10-12-24-46(42)66(48,9)58(44)53)56-38-41(70-51-26-14-13-25-47(51)64(7)32-16-17-33-65(64,70)8)37-55(59(56)67)68(52)54-28-19-23-45-43-21-11-15-29-57(43)71-61(45)54/h10-15,18-31,34-38H,16-17,32-33H2,1-9H3. The summed E-state index contributed by atoms with van der Waals surface area (Å²) in [4.78, 5) is 8.30. The van der Waals surface area contributed by atoms with Crippen LogP contribution in [-0.4, -0.2) is 12.3 Å². The maximum Gasteiger partial charge on any atom is 0.252 e. The first-order valence-corrected chi connectivity index (χ1v) is 27.1. The minimum absolute atomic E-state index is 0.0112. The molecule has 1 saturated carbocycles. The normalized spacial score (nSPS) is 22.0. The van der Waals surface area contributed by atoms with E-state index in [-0.39, 0.29) is 33.9 Å². The summed E-state index contributed by atoms with van der Waals surface area (Å²) in [5.74, 6) is 0. The van der Waals surface area contributed by atoms with Crippen LogP contribution in [0.25, 0.3) is 31.3 Å². The van der Waals surface area contributed by atoms with E-state index in [0.717, 1.165) is 6.42 Å². The Balaban J connectivity index is 1.13. The van der Waals surface area contributed by atoms with Gasteiger partial charge in [0.25, 0.3) is 6.71 Å². The van der Waals surface area contributed by atoms with Crippen LogP contribution in [0.3, 0.4) is 0 Å². The monoisotopic (exact) mass is 937 g/mol. The molecule has 15 rings (SSSR count). The molecule has 3 unspecified atom stereocenters. The topological polar surface area (TPSA) is 9.72 Å². The van der Waals surface area contributed by atoms with Crippen molar-refractivity contribution in [3.63, 3.8) is 0 Å². The SMILES string of the molecule is CC(C)(C)c1ccc2c(c1)B1c3cc(C(C)(C)C)cc4c3N(c3cc(N5c6ccccc6C6(C)CCCCC56C)cc(c31)N2c1cccc2c1sc1ccccc12)c1cccc2c1C4(C)c1ccccc1-2. The third kappa shape index (κ3) is 5.16. The highest BCUT2D eigenvalue weighted by molar-refractivity contribution is 7.26. The van der Waals surface area contributed by atoms with E-state index in [1.165, 1.54) is 146 Å². The number of benzene rings is 8. The molecule has 2 aliphatic carbocycles. The quantitative estimate of drug-likeness (QED) is 0.160. The summed E-state index contributed by atoms with van der Waals surface area (Å²) in [7, 11) is 0. The van der Waals surface area contributed by atoms with Crippen LogP contribution in [0, 0.1) is 0 Å².